The second-order valence-corrected chi connectivity index (χ2v) is 13.6. The third kappa shape index (κ3) is 7.12. The van der Waals surface area contributed by atoms with Gasteiger partial charge >= 0.3 is 0 Å². The third-order valence-electron chi connectivity index (χ3n) is 9.48. The van der Waals surface area contributed by atoms with E-state index in [1.54, 1.807) is 25.0 Å². The summed E-state index contributed by atoms with van der Waals surface area (Å²) in [7, 11) is 0. The minimum atomic E-state index is -0.107. The van der Waals surface area contributed by atoms with Crippen LogP contribution in [0.25, 0.3) is 66.9 Å². The number of aromatic nitrogens is 12. The van der Waals surface area contributed by atoms with Gasteiger partial charge in [0.15, 0.2) is 22.9 Å². The van der Waals surface area contributed by atoms with Gasteiger partial charge in [0.25, 0.3) is 0 Å². The van der Waals surface area contributed by atoms with Crippen molar-refractivity contribution in [2.75, 3.05) is 10.6 Å². The molecule has 10 aromatic rings. The van der Waals surface area contributed by atoms with Crippen LogP contribution in [0.5, 0.6) is 0 Å². The van der Waals surface area contributed by atoms with Crippen LogP contribution in [0, 0.1) is 0 Å². The molecule has 2 aromatic carbocycles. The second kappa shape index (κ2) is 15.4. The fraction of sp³-hybridized carbons (Fsp3) is 0.0952. The molecule has 278 valence electrons. The molecular formula is C42H33ClN14. The van der Waals surface area contributed by atoms with Gasteiger partial charge < -0.3 is 20.6 Å². The lowest BCUT2D eigenvalue weighted by atomic mass is 10.0. The van der Waals surface area contributed by atoms with Crippen molar-refractivity contribution in [1.82, 2.24) is 59.8 Å². The summed E-state index contributed by atoms with van der Waals surface area (Å²) in [6.45, 7) is 4.15. The van der Waals surface area contributed by atoms with Crippen molar-refractivity contribution in [3.05, 3.63) is 145 Å². The molecule has 0 unspecified atom stereocenters. The summed E-state index contributed by atoms with van der Waals surface area (Å²) >= 11 is 6.40. The lowest BCUT2D eigenvalue weighted by Gasteiger charge is -2.19. The standard InChI is InChI=1S/C21H16ClN7.C21H17N7/c1-12(28-21-19-20(25-10-24-19)26-11-27-21)14-9-13-5-4-6-15(22)17(13)29-18(14)16-7-2-3-8-23-16;1-13(27-21-19-20(24-11-23-19)25-12-26-21)15-10-14-6-2-3-7-16(14)28-18(15)17-8-4-5-9-22-17/h2-12H,1H3,(H2,24,25,26,27,28);2-13H,1H3,(H2,23,24,25,26,27)/t12-;13-/m00/s1. The average molecular weight is 769 g/mol. The van der Waals surface area contributed by atoms with Gasteiger partial charge in [-0.15, -0.1) is 0 Å². The van der Waals surface area contributed by atoms with Gasteiger partial charge in [0.2, 0.25) is 0 Å². The number of hydrogen-bond acceptors (Lipinski definition) is 12. The van der Waals surface area contributed by atoms with Gasteiger partial charge in [0.1, 0.15) is 23.7 Å². The fourth-order valence-electron chi connectivity index (χ4n) is 6.70. The number of para-hydroxylation sites is 2. The van der Waals surface area contributed by atoms with Crippen LogP contribution in [0.1, 0.15) is 37.1 Å². The number of fused-ring (bicyclic) bond motifs is 4. The zero-order valence-electron chi connectivity index (χ0n) is 30.6. The van der Waals surface area contributed by atoms with Crippen molar-refractivity contribution < 1.29 is 0 Å². The molecule has 2 atom stereocenters. The number of pyridine rings is 4. The summed E-state index contributed by atoms with van der Waals surface area (Å²) in [6, 6.07) is 29.6. The molecule has 15 heteroatoms. The molecule has 0 aliphatic rings. The van der Waals surface area contributed by atoms with Gasteiger partial charge in [-0.1, -0.05) is 54.1 Å². The van der Waals surface area contributed by atoms with E-state index < -0.39 is 0 Å². The SMILES string of the molecule is C[C@H](Nc1ncnc2nc[nH]c12)c1cc2cccc(Cl)c2nc1-c1ccccn1.C[C@H](Nc1ncnc2nc[nH]c12)c1cc2ccccc2nc1-c1ccccn1. The minimum absolute atomic E-state index is 0.0597. The van der Waals surface area contributed by atoms with Gasteiger partial charge in [0.05, 0.1) is 63.6 Å². The lowest BCUT2D eigenvalue weighted by Crippen LogP contribution is -2.11. The van der Waals surface area contributed by atoms with Gasteiger partial charge in [-0.05, 0) is 62.4 Å². The zero-order chi connectivity index (χ0) is 38.7. The zero-order valence-corrected chi connectivity index (χ0v) is 31.4. The Morgan fingerprint density at radius 3 is 1.68 bits per heavy atom. The van der Waals surface area contributed by atoms with Crippen LogP contribution >= 0.6 is 11.6 Å². The number of hydrogen-bond donors (Lipinski definition) is 4. The Balaban J connectivity index is 0.000000148. The van der Waals surface area contributed by atoms with E-state index in [-0.39, 0.29) is 12.1 Å². The molecule has 0 bridgehead atoms. The number of nitrogens with one attached hydrogen (secondary N) is 4. The van der Waals surface area contributed by atoms with Crippen LogP contribution in [0.15, 0.2) is 129 Å². The molecule has 0 saturated heterocycles. The summed E-state index contributed by atoms with van der Waals surface area (Å²) in [6.07, 6.45) is 9.77. The second-order valence-electron chi connectivity index (χ2n) is 13.2. The Morgan fingerprint density at radius 1 is 0.544 bits per heavy atom. The van der Waals surface area contributed by atoms with Crippen LogP contribution in [0.2, 0.25) is 5.02 Å². The molecule has 0 aliphatic carbocycles. The third-order valence-corrected chi connectivity index (χ3v) is 9.78. The number of imidazole rings is 2. The number of aromatic amines is 2. The molecule has 8 heterocycles. The van der Waals surface area contributed by atoms with E-state index in [1.165, 1.54) is 12.7 Å². The van der Waals surface area contributed by atoms with Crippen molar-refractivity contribution in [1.29, 1.82) is 0 Å². The molecule has 57 heavy (non-hydrogen) atoms. The maximum atomic E-state index is 6.40. The number of rotatable bonds is 8. The van der Waals surface area contributed by atoms with Crippen LogP contribution in [0.3, 0.4) is 0 Å². The van der Waals surface area contributed by atoms with Crippen LogP contribution < -0.4 is 10.6 Å². The van der Waals surface area contributed by atoms with E-state index >= 15 is 0 Å². The van der Waals surface area contributed by atoms with E-state index in [0.29, 0.717) is 28.0 Å². The number of halogens is 1. The molecule has 8 aromatic heterocycles. The van der Waals surface area contributed by atoms with E-state index in [9.17, 15) is 0 Å². The van der Waals surface area contributed by atoms with Gasteiger partial charge in [-0.25, -0.2) is 39.9 Å². The summed E-state index contributed by atoms with van der Waals surface area (Å²) in [5.74, 6) is 1.38. The lowest BCUT2D eigenvalue weighted by molar-refractivity contribution is 0.872. The van der Waals surface area contributed by atoms with E-state index in [0.717, 1.165) is 66.7 Å². The molecule has 4 N–H and O–H groups in total. The fourth-order valence-corrected chi connectivity index (χ4v) is 6.93. The van der Waals surface area contributed by atoms with Crippen LogP contribution in [0.4, 0.5) is 11.6 Å². The molecule has 14 nitrogen and oxygen atoms in total. The average Bonchev–Trinajstić information content (AvgIpc) is 3.95. The van der Waals surface area contributed by atoms with Crippen molar-refractivity contribution in [3.8, 4) is 22.8 Å². The van der Waals surface area contributed by atoms with E-state index in [2.05, 4.69) is 92.5 Å². The van der Waals surface area contributed by atoms with Crippen molar-refractivity contribution in [2.24, 2.45) is 0 Å². The minimum Gasteiger partial charge on any atom is -0.362 e. The topological polar surface area (TPSA) is 185 Å². The maximum absolute atomic E-state index is 6.40. The van der Waals surface area contributed by atoms with Gasteiger partial charge in [-0.3, -0.25) is 9.97 Å². The molecule has 0 amide bonds. The summed E-state index contributed by atoms with van der Waals surface area (Å²) in [5, 5.41) is 9.59. The molecule has 0 radical (unpaired) electrons. The monoisotopic (exact) mass is 768 g/mol. The Kier molecular flexibility index (Phi) is 9.50. The normalized spacial score (nSPS) is 12.3. The number of H-pyrrole nitrogens is 2. The van der Waals surface area contributed by atoms with E-state index in [4.69, 9.17) is 21.6 Å². The molecule has 0 spiro atoms. The Morgan fingerprint density at radius 2 is 1.09 bits per heavy atom. The summed E-state index contributed by atoms with van der Waals surface area (Å²) < 4.78 is 0. The number of anilines is 2. The van der Waals surface area contributed by atoms with E-state index in [1.807, 2.05) is 72.8 Å². The number of nitrogens with zero attached hydrogens (tertiary/aromatic N) is 10. The Hall–Kier alpha value is -7.45. The molecule has 0 saturated carbocycles. The highest BCUT2D eigenvalue weighted by molar-refractivity contribution is 6.35. The first kappa shape index (κ1) is 35.3. The summed E-state index contributed by atoms with van der Waals surface area (Å²) in [4.78, 5) is 50.5. The quantitative estimate of drug-likeness (QED) is 0.115. The Labute approximate surface area is 330 Å². The molecule has 0 aliphatic heterocycles. The predicted octanol–water partition coefficient (Wildman–Crippen LogP) is 8.93. The van der Waals surface area contributed by atoms with Gasteiger partial charge in [-0.2, -0.15) is 0 Å². The first-order valence-electron chi connectivity index (χ1n) is 18.1. The van der Waals surface area contributed by atoms with Crippen molar-refractivity contribution in [2.45, 2.75) is 25.9 Å². The number of benzene rings is 2. The van der Waals surface area contributed by atoms with Crippen LogP contribution in [-0.4, -0.2) is 59.8 Å². The van der Waals surface area contributed by atoms with Crippen molar-refractivity contribution >= 4 is 67.4 Å². The molecule has 10 rings (SSSR count). The molecule has 0 fully saturated rings. The maximum Gasteiger partial charge on any atom is 0.182 e. The van der Waals surface area contributed by atoms with Crippen molar-refractivity contribution in [3.63, 3.8) is 0 Å². The first-order chi connectivity index (χ1) is 28.0. The highest BCUT2D eigenvalue weighted by Gasteiger charge is 2.20. The highest BCUT2D eigenvalue weighted by Crippen LogP contribution is 2.34. The predicted molar refractivity (Wildman–Crippen MR) is 222 cm³/mol. The summed E-state index contributed by atoms with van der Waals surface area (Å²) in [5.41, 5.74) is 9.77. The largest absolute Gasteiger partial charge is 0.362 e. The highest BCUT2D eigenvalue weighted by atomic mass is 35.5. The smallest absolute Gasteiger partial charge is 0.182 e. The first-order valence-corrected chi connectivity index (χ1v) is 18.5. The molecular weight excluding hydrogens is 736 g/mol. The Bertz CT molecular complexity index is 2990. The van der Waals surface area contributed by atoms with Crippen LogP contribution in [-0.2, 0) is 0 Å². The van der Waals surface area contributed by atoms with Gasteiger partial charge in [0, 0.05) is 34.3 Å².